The number of hydrogen-bond donors (Lipinski definition) is 0. The first kappa shape index (κ1) is 18.4. The molecule has 0 aromatic heterocycles. The number of hydrogen-bond acceptors (Lipinski definition) is 2. The van der Waals surface area contributed by atoms with E-state index in [0.717, 1.165) is 12.5 Å². The van der Waals surface area contributed by atoms with Crippen molar-refractivity contribution in [2.24, 2.45) is 5.92 Å². The lowest BCUT2D eigenvalue weighted by Crippen LogP contribution is -2.03. The summed E-state index contributed by atoms with van der Waals surface area (Å²) in [6.45, 7) is 5.66. The minimum Gasteiger partial charge on any atom is -0.378 e. The molecule has 1 unspecified atom stereocenters. The van der Waals surface area contributed by atoms with E-state index in [2.05, 4.69) is 25.6 Å². The van der Waals surface area contributed by atoms with Crippen molar-refractivity contribution < 1.29 is 4.74 Å². The van der Waals surface area contributed by atoms with Crippen LogP contribution in [-0.2, 0) is 4.74 Å². The molecule has 1 atom stereocenters. The van der Waals surface area contributed by atoms with Gasteiger partial charge in [0.05, 0.1) is 6.10 Å². The van der Waals surface area contributed by atoms with Crippen LogP contribution in [0.5, 0.6) is 0 Å². The standard InChI is InChI=1S/C18H36OS/c1-17(2)11-10-16-20-15-8-6-4-3-5-7-12-18-13-9-14-19-18/h17-18H,3-16H2,1-2H3. The topological polar surface area (TPSA) is 9.23 Å². The highest BCUT2D eigenvalue weighted by atomic mass is 32.2. The first-order valence-corrected chi connectivity index (χ1v) is 10.1. The van der Waals surface area contributed by atoms with Gasteiger partial charge in [-0.3, -0.25) is 0 Å². The van der Waals surface area contributed by atoms with Gasteiger partial charge in [0, 0.05) is 6.61 Å². The highest BCUT2D eigenvalue weighted by Gasteiger charge is 2.14. The third-order valence-electron chi connectivity index (χ3n) is 4.16. The van der Waals surface area contributed by atoms with Crippen LogP contribution in [0.25, 0.3) is 0 Å². The number of ether oxygens (including phenoxy) is 1. The van der Waals surface area contributed by atoms with Crippen LogP contribution in [0.1, 0.15) is 84.5 Å². The molecule has 0 aromatic rings. The molecule has 0 saturated carbocycles. The van der Waals surface area contributed by atoms with Gasteiger partial charge in [-0.15, -0.1) is 0 Å². The van der Waals surface area contributed by atoms with Crippen LogP contribution in [0.4, 0.5) is 0 Å². The second-order valence-corrected chi connectivity index (χ2v) is 7.92. The molecule has 1 saturated heterocycles. The molecule has 2 heteroatoms. The molecule has 0 spiro atoms. The van der Waals surface area contributed by atoms with Gasteiger partial charge < -0.3 is 4.74 Å². The summed E-state index contributed by atoms with van der Waals surface area (Å²) in [6.07, 6.45) is 15.9. The van der Waals surface area contributed by atoms with Gasteiger partial charge in [0.15, 0.2) is 0 Å². The summed E-state index contributed by atoms with van der Waals surface area (Å²) in [5, 5.41) is 0. The Hall–Kier alpha value is 0.310. The third kappa shape index (κ3) is 11.0. The molecule has 0 aromatic carbocycles. The van der Waals surface area contributed by atoms with Crippen molar-refractivity contribution in [1.29, 1.82) is 0 Å². The van der Waals surface area contributed by atoms with E-state index < -0.39 is 0 Å². The van der Waals surface area contributed by atoms with Crippen molar-refractivity contribution in [3.8, 4) is 0 Å². The van der Waals surface area contributed by atoms with Crippen molar-refractivity contribution in [1.82, 2.24) is 0 Å². The summed E-state index contributed by atoms with van der Waals surface area (Å²) >= 11 is 2.16. The number of unbranched alkanes of at least 4 members (excludes halogenated alkanes) is 5. The van der Waals surface area contributed by atoms with Gasteiger partial charge >= 0.3 is 0 Å². The zero-order valence-electron chi connectivity index (χ0n) is 13.9. The highest BCUT2D eigenvalue weighted by molar-refractivity contribution is 7.99. The van der Waals surface area contributed by atoms with Gasteiger partial charge in [-0.1, -0.05) is 52.4 Å². The summed E-state index contributed by atoms with van der Waals surface area (Å²) in [4.78, 5) is 0. The van der Waals surface area contributed by atoms with E-state index in [1.165, 1.54) is 82.1 Å². The summed E-state index contributed by atoms with van der Waals surface area (Å²) < 4.78 is 5.66. The molecule has 1 fully saturated rings. The lowest BCUT2D eigenvalue weighted by atomic mass is 10.1. The lowest BCUT2D eigenvalue weighted by Gasteiger charge is -2.08. The zero-order chi connectivity index (χ0) is 14.5. The van der Waals surface area contributed by atoms with Crippen LogP contribution in [0.15, 0.2) is 0 Å². The zero-order valence-corrected chi connectivity index (χ0v) is 14.7. The number of thioether (sulfide) groups is 1. The van der Waals surface area contributed by atoms with E-state index in [9.17, 15) is 0 Å². The van der Waals surface area contributed by atoms with E-state index in [4.69, 9.17) is 4.74 Å². The van der Waals surface area contributed by atoms with Crippen molar-refractivity contribution in [2.75, 3.05) is 18.1 Å². The average Bonchev–Trinajstić information content (AvgIpc) is 2.93. The van der Waals surface area contributed by atoms with E-state index in [1.807, 2.05) is 0 Å². The maximum absolute atomic E-state index is 5.66. The molecular formula is C18H36OS. The first-order valence-electron chi connectivity index (χ1n) is 8.98. The SMILES string of the molecule is CC(C)CCCSCCCCCCCCC1CCCO1. The maximum atomic E-state index is 5.66. The quantitative estimate of drug-likeness (QED) is 0.382. The summed E-state index contributed by atoms with van der Waals surface area (Å²) in [7, 11) is 0. The molecule has 1 aliphatic rings. The van der Waals surface area contributed by atoms with Gasteiger partial charge in [-0.25, -0.2) is 0 Å². The molecule has 0 amide bonds. The summed E-state index contributed by atoms with van der Waals surface area (Å²) in [5.74, 6) is 3.64. The Labute approximate surface area is 131 Å². The monoisotopic (exact) mass is 300 g/mol. The second kappa shape index (κ2) is 13.0. The Bertz CT molecular complexity index is 200. The van der Waals surface area contributed by atoms with Gasteiger partial charge in [-0.2, -0.15) is 11.8 Å². The fourth-order valence-electron chi connectivity index (χ4n) is 2.85. The van der Waals surface area contributed by atoms with Gasteiger partial charge in [0.2, 0.25) is 0 Å². The fraction of sp³-hybridized carbons (Fsp3) is 1.00. The van der Waals surface area contributed by atoms with Gasteiger partial charge in [0.1, 0.15) is 0 Å². The van der Waals surface area contributed by atoms with E-state index in [0.29, 0.717) is 6.10 Å². The predicted octanol–water partition coefficient (Wildman–Crippen LogP) is 6.07. The fourth-order valence-corrected chi connectivity index (χ4v) is 3.83. The van der Waals surface area contributed by atoms with E-state index >= 15 is 0 Å². The van der Waals surface area contributed by atoms with Crippen LogP contribution < -0.4 is 0 Å². The minimum atomic E-state index is 0.609. The Morgan fingerprint density at radius 2 is 1.65 bits per heavy atom. The molecule has 0 aliphatic carbocycles. The molecule has 0 radical (unpaired) electrons. The Balaban J connectivity index is 1.68. The Morgan fingerprint density at radius 3 is 2.35 bits per heavy atom. The maximum Gasteiger partial charge on any atom is 0.0576 e. The normalized spacial score (nSPS) is 19.1. The minimum absolute atomic E-state index is 0.609. The smallest absolute Gasteiger partial charge is 0.0576 e. The lowest BCUT2D eigenvalue weighted by molar-refractivity contribution is 0.102. The molecule has 0 N–H and O–H groups in total. The molecule has 20 heavy (non-hydrogen) atoms. The van der Waals surface area contributed by atoms with Crippen LogP contribution in [-0.4, -0.2) is 24.2 Å². The van der Waals surface area contributed by atoms with Crippen LogP contribution in [0.3, 0.4) is 0 Å². The Morgan fingerprint density at radius 1 is 0.950 bits per heavy atom. The highest BCUT2D eigenvalue weighted by Crippen LogP contribution is 2.19. The van der Waals surface area contributed by atoms with Gasteiger partial charge in [-0.05, 0) is 49.5 Å². The molecule has 1 nitrogen and oxygen atoms in total. The first-order chi connectivity index (χ1) is 9.79. The summed E-state index contributed by atoms with van der Waals surface area (Å²) in [5.41, 5.74) is 0. The molecular weight excluding hydrogens is 264 g/mol. The predicted molar refractivity (Wildman–Crippen MR) is 92.7 cm³/mol. The summed E-state index contributed by atoms with van der Waals surface area (Å²) in [6, 6.07) is 0. The molecule has 1 aliphatic heterocycles. The molecule has 1 heterocycles. The van der Waals surface area contributed by atoms with Gasteiger partial charge in [0.25, 0.3) is 0 Å². The van der Waals surface area contributed by atoms with Crippen molar-refractivity contribution in [2.45, 2.75) is 90.6 Å². The van der Waals surface area contributed by atoms with Crippen LogP contribution in [0, 0.1) is 5.92 Å². The van der Waals surface area contributed by atoms with Crippen LogP contribution in [0.2, 0.25) is 0 Å². The largest absolute Gasteiger partial charge is 0.378 e. The number of rotatable bonds is 13. The third-order valence-corrected chi connectivity index (χ3v) is 5.31. The van der Waals surface area contributed by atoms with E-state index in [-0.39, 0.29) is 0 Å². The molecule has 1 rings (SSSR count). The van der Waals surface area contributed by atoms with Crippen molar-refractivity contribution in [3.05, 3.63) is 0 Å². The van der Waals surface area contributed by atoms with Crippen LogP contribution >= 0.6 is 11.8 Å². The average molecular weight is 301 g/mol. The Kier molecular flexibility index (Phi) is 11.9. The molecule has 120 valence electrons. The second-order valence-electron chi connectivity index (χ2n) is 6.69. The molecule has 0 bridgehead atoms. The van der Waals surface area contributed by atoms with E-state index in [1.54, 1.807) is 0 Å². The van der Waals surface area contributed by atoms with Crippen molar-refractivity contribution >= 4 is 11.8 Å². The van der Waals surface area contributed by atoms with Crippen molar-refractivity contribution in [3.63, 3.8) is 0 Å².